The van der Waals surface area contributed by atoms with Gasteiger partial charge in [-0.25, -0.2) is 4.79 Å². The minimum absolute atomic E-state index is 0.330. The minimum Gasteiger partial charge on any atom is -0.451 e. The molecular weight excluding hydrogens is 372 g/mol. The largest absolute Gasteiger partial charge is 0.451 e. The van der Waals surface area contributed by atoms with Crippen molar-refractivity contribution < 1.29 is 14.3 Å². The minimum atomic E-state index is -0.525. The number of nitrogens with one attached hydrogen (secondary N) is 1. The molecule has 3 aromatic rings. The maximum atomic E-state index is 12.0. The molecule has 0 saturated carbocycles. The summed E-state index contributed by atoms with van der Waals surface area (Å²) in [4.78, 5) is 26.3. The van der Waals surface area contributed by atoms with Gasteiger partial charge in [-0.1, -0.05) is 23.9 Å². The number of rotatable bonds is 6. The van der Waals surface area contributed by atoms with E-state index in [2.05, 4.69) is 37.4 Å². The zero-order valence-corrected chi connectivity index (χ0v) is 16.9. The van der Waals surface area contributed by atoms with Crippen LogP contribution >= 0.6 is 11.8 Å². The van der Waals surface area contributed by atoms with Gasteiger partial charge in [-0.05, 0) is 67.4 Å². The Balaban J connectivity index is 1.53. The van der Waals surface area contributed by atoms with Gasteiger partial charge in [-0.15, -0.1) is 0 Å². The van der Waals surface area contributed by atoms with E-state index in [0.717, 1.165) is 4.90 Å². The monoisotopic (exact) mass is 394 g/mol. The second-order valence-electron chi connectivity index (χ2n) is 6.52. The van der Waals surface area contributed by atoms with Crippen LogP contribution in [0.1, 0.15) is 21.6 Å². The quantitative estimate of drug-likeness (QED) is 0.621. The molecule has 0 bridgehead atoms. The van der Waals surface area contributed by atoms with E-state index in [4.69, 9.17) is 4.74 Å². The molecule has 0 aliphatic heterocycles. The number of carbonyl (C=O) groups excluding carboxylic acids is 2. The van der Waals surface area contributed by atoms with Gasteiger partial charge in [0.2, 0.25) is 0 Å². The Morgan fingerprint density at radius 1 is 1.07 bits per heavy atom. The number of benzene rings is 2. The summed E-state index contributed by atoms with van der Waals surface area (Å²) in [6.45, 7) is 3.84. The molecule has 0 spiro atoms. The van der Waals surface area contributed by atoms with E-state index in [9.17, 15) is 9.59 Å². The second-order valence-corrected chi connectivity index (χ2v) is 7.64. The van der Waals surface area contributed by atoms with E-state index in [1.165, 1.54) is 16.0 Å². The lowest BCUT2D eigenvalue weighted by atomic mass is 10.2. The summed E-state index contributed by atoms with van der Waals surface area (Å²) in [5.41, 5.74) is 3.51. The first-order chi connectivity index (χ1) is 13.4. The van der Waals surface area contributed by atoms with Crippen molar-refractivity contribution in [2.24, 2.45) is 7.05 Å². The van der Waals surface area contributed by atoms with E-state index >= 15 is 0 Å². The van der Waals surface area contributed by atoms with Crippen LogP contribution in [0.2, 0.25) is 0 Å². The molecule has 1 amide bonds. The lowest BCUT2D eigenvalue weighted by molar-refractivity contribution is -0.119. The van der Waals surface area contributed by atoms with Gasteiger partial charge in [-0.3, -0.25) is 4.79 Å². The van der Waals surface area contributed by atoms with Crippen LogP contribution in [-0.4, -0.2) is 23.1 Å². The molecule has 2 aromatic carbocycles. The van der Waals surface area contributed by atoms with Crippen LogP contribution in [0.4, 0.5) is 5.69 Å². The number of carbonyl (C=O) groups is 2. The Kier molecular flexibility index (Phi) is 6.21. The molecule has 0 unspecified atom stereocenters. The highest BCUT2D eigenvalue weighted by atomic mass is 32.2. The molecule has 0 radical (unpaired) electrons. The predicted molar refractivity (Wildman–Crippen MR) is 111 cm³/mol. The number of hydrogen-bond donors (Lipinski definition) is 1. The summed E-state index contributed by atoms with van der Waals surface area (Å²) in [7, 11) is 1.74. The summed E-state index contributed by atoms with van der Waals surface area (Å²) in [6, 6.07) is 17.4. The summed E-state index contributed by atoms with van der Waals surface area (Å²) in [5, 5.41) is 2.74. The van der Waals surface area contributed by atoms with Crippen LogP contribution in [0.3, 0.4) is 0 Å². The number of nitrogens with zero attached hydrogens (tertiary/aromatic N) is 1. The third kappa shape index (κ3) is 5.04. The second kappa shape index (κ2) is 8.80. The molecule has 0 fully saturated rings. The van der Waals surface area contributed by atoms with Crippen molar-refractivity contribution in [3.63, 3.8) is 0 Å². The van der Waals surface area contributed by atoms with Gasteiger partial charge in [0.15, 0.2) is 6.61 Å². The number of aromatic nitrogens is 1. The average Bonchev–Trinajstić information content (AvgIpc) is 3.10. The number of amides is 1. The molecule has 0 aliphatic rings. The number of aryl methyl sites for hydroxylation is 3. The SMILES string of the molecule is Cc1ccc(C)c(Sc2ccc(NC(=O)COC(=O)c3cccn3C)cc2)c1. The van der Waals surface area contributed by atoms with E-state index < -0.39 is 5.97 Å². The van der Waals surface area contributed by atoms with Crippen LogP contribution in [-0.2, 0) is 16.6 Å². The fraction of sp³-hybridized carbons (Fsp3) is 0.182. The molecule has 1 N–H and O–H groups in total. The Labute approximate surface area is 168 Å². The highest BCUT2D eigenvalue weighted by Crippen LogP contribution is 2.31. The van der Waals surface area contributed by atoms with Gasteiger partial charge in [0.1, 0.15) is 5.69 Å². The van der Waals surface area contributed by atoms with Crippen LogP contribution in [0, 0.1) is 13.8 Å². The maximum Gasteiger partial charge on any atom is 0.355 e. The van der Waals surface area contributed by atoms with Gasteiger partial charge >= 0.3 is 5.97 Å². The molecule has 0 atom stereocenters. The maximum absolute atomic E-state index is 12.0. The molecule has 28 heavy (non-hydrogen) atoms. The molecule has 5 nitrogen and oxygen atoms in total. The van der Waals surface area contributed by atoms with Crippen LogP contribution in [0.25, 0.3) is 0 Å². The number of anilines is 1. The first-order valence-electron chi connectivity index (χ1n) is 8.86. The van der Waals surface area contributed by atoms with Gasteiger partial charge in [0.05, 0.1) is 0 Å². The van der Waals surface area contributed by atoms with Gasteiger partial charge in [0, 0.05) is 28.7 Å². The van der Waals surface area contributed by atoms with Crippen molar-refractivity contribution in [3.8, 4) is 0 Å². The number of ether oxygens (including phenoxy) is 1. The summed E-state index contributed by atoms with van der Waals surface area (Å²) >= 11 is 1.69. The van der Waals surface area contributed by atoms with Gasteiger partial charge < -0.3 is 14.6 Å². The van der Waals surface area contributed by atoms with Crippen molar-refractivity contribution in [3.05, 3.63) is 77.6 Å². The molecule has 1 heterocycles. The molecular formula is C22H22N2O3S. The Bertz CT molecular complexity index is 993. The lowest BCUT2D eigenvalue weighted by Gasteiger charge is -2.09. The van der Waals surface area contributed by atoms with E-state index in [1.807, 2.05) is 24.3 Å². The van der Waals surface area contributed by atoms with Gasteiger partial charge in [0.25, 0.3) is 5.91 Å². The first kappa shape index (κ1) is 19.8. The van der Waals surface area contributed by atoms with Crippen LogP contribution in [0.5, 0.6) is 0 Å². The topological polar surface area (TPSA) is 60.3 Å². The standard InChI is InChI=1S/C22H22N2O3S/c1-15-6-7-16(2)20(13-15)28-18-10-8-17(9-11-18)23-21(25)14-27-22(26)19-5-4-12-24(19)3/h4-13H,14H2,1-3H3,(H,23,25). The van der Waals surface area contributed by atoms with Crippen LogP contribution < -0.4 is 5.32 Å². The third-order valence-corrected chi connectivity index (χ3v) is 5.36. The van der Waals surface area contributed by atoms with E-state index in [1.54, 1.807) is 41.7 Å². The summed E-state index contributed by atoms with van der Waals surface area (Å²) < 4.78 is 6.70. The molecule has 6 heteroatoms. The van der Waals surface area contributed by atoms with E-state index in [-0.39, 0.29) is 12.5 Å². The Hall–Kier alpha value is -2.99. The summed E-state index contributed by atoms with van der Waals surface area (Å²) in [5.74, 6) is -0.902. The molecule has 0 aliphatic carbocycles. The Morgan fingerprint density at radius 3 is 2.50 bits per heavy atom. The fourth-order valence-corrected chi connectivity index (χ4v) is 3.63. The summed E-state index contributed by atoms with van der Waals surface area (Å²) in [6.07, 6.45) is 1.74. The third-order valence-electron chi connectivity index (χ3n) is 4.20. The fourth-order valence-electron chi connectivity index (χ4n) is 2.63. The number of esters is 1. The van der Waals surface area contributed by atoms with E-state index in [0.29, 0.717) is 11.4 Å². The van der Waals surface area contributed by atoms with Crippen molar-refractivity contribution in [1.29, 1.82) is 0 Å². The normalized spacial score (nSPS) is 10.5. The zero-order chi connectivity index (χ0) is 20.1. The molecule has 0 saturated heterocycles. The van der Waals surface area contributed by atoms with Crippen molar-refractivity contribution in [2.45, 2.75) is 23.6 Å². The van der Waals surface area contributed by atoms with Crippen LogP contribution in [0.15, 0.2) is 70.6 Å². The van der Waals surface area contributed by atoms with Crippen molar-refractivity contribution in [2.75, 3.05) is 11.9 Å². The first-order valence-corrected chi connectivity index (χ1v) is 9.67. The lowest BCUT2D eigenvalue weighted by Crippen LogP contribution is -2.21. The predicted octanol–water partition coefficient (Wildman–Crippen LogP) is 4.59. The highest BCUT2D eigenvalue weighted by Gasteiger charge is 2.12. The average molecular weight is 394 g/mol. The molecule has 3 rings (SSSR count). The number of hydrogen-bond acceptors (Lipinski definition) is 4. The van der Waals surface area contributed by atoms with Crippen molar-refractivity contribution in [1.82, 2.24) is 4.57 Å². The molecule has 144 valence electrons. The van der Waals surface area contributed by atoms with Gasteiger partial charge in [-0.2, -0.15) is 0 Å². The zero-order valence-electron chi connectivity index (χ0n) is 16.1. The Morgan fingerprint density at radius 2 is 1.82 bits per heavy atom. The smallest absolute Gasteiger partial charge is 0.355 e. The highest BCUT2D eigenvalue weighted by molar-refractivity contribution is 7.99. The van der Waals surface area contributed by atoms with Crippen molar-refractivity contribution >= 4 is 29.3 Å². The molecule has 1 aromatic heterocycles.